The lowest BCUT2D eigenvalue weighted by molar-refractivity contribution is 0.208. The first-order chi connectivity index (χ1) is 13.0. The molecule has 0 aliphatic carbocycles. The average molecular weight is 384 g/mol. The minimum absolute atomic E-state index is 0.00371. The Morgan fingerprint density at radius 2 is 1.74 bits per heavy atom. The number of thioether (sulfide) groups is 1. The predicted octanol–water partition coefficient (Wildman–Crippen LogP) is 5.19. The quantitative estimate of drug-likeness (QED) is 0.738. The van der Waals surface area contributed by atoms with Crippen LogP contribution in [0, 0.1) is 6.92 Å². The number of rotatable bonds is 4. The molecule has 2 aromatic rings. The maximum atomic E-state index is 12.9. The van der Waals surface area contributed by atoms with Crippen LogP contribution in [-0.2, 0) is 0 Å². The molecule has 0 saturated carbocycles. The second kappa shape index (κ2) is 8.70. The number of aryl methyl sites for hydroxylation is 1. The van der Waals surface area contributed by atoms with Gasteiger partial charge in [0.05, 0.1) is 5.69 Å². The van der Waals surface area contributed by atoms with E-state index in [9.17, 15) is 4.79 Å². The van der Waals surface area contributed by atoms with Crippen molar-refractivity contribution in [3.63, 3.8) is 0 Å². The van der Waals surface area contributed by atoms with E-state index >= 15 is 0 Å². The lowest BCUT2D eigenvalue weighted by Gasteiger charge is -2.37. The summed E-state index contributed by atoms with van der Waals surface area (Å²) < 4.78 is 0. The summed E-state index contributed by atoms with van der Waals surface area (Å²) in [6.45, 7) is 9.55. The molecule has 0 bridgehead atoms. The Kier molecular flexibility index (Phi) is 6.32. The van der Waals surface area contributed by atoms with E-state index in [-0.39, 0.29) is 6.03 Å². The van der Waals surface area contributed by atoms with Gasteiger partial charge in [0.1, 0.15) is 0 Å². The topological polar surface area (TPSA) is 35.6 Å². The highest BCUT2D eigenvalue weighted by atomic mass is 32.2. The monoisotopic (exact) mass is 383 g/mol. The van der Waals surface area contributed by atoms with Crippen molar-refractivity contribution < 1.29 is 4.79 Å². The first-order valence-electron chi connectivity index (χ1n) is 9.54. The van der Waals surface area contributed by atoms with Gasteiger partial charge in [-0.3, -0.25) is 0 Å². The zero-order chi connectivity index (χ0) is 19.4. The molecule has 0 unspecified atom stereocenters. The first-order valence-corrected chi connectivity index (χ1v) is 10.8. The van der Waals surface area contributed by atoms with Crippen LogP contribution in [0.2, 0.25) is 0 Å². The first kappa shape index (κ1) is 19.6. The fourth-order valence-corrected chi connectivity index (χ4v) is 4.19. The van der Waals surface area contributed by atoms with Gasteiger partial charge < -0.3 is 15.1 Å². The molecule has 0 radical (unpaired) electrons. The van der Waals surface area contributed by atoms with Crippen molar-refractivity contribution in [1.29, 1.82) is 0 Å². The van der Waals surface area contributed by atoms with Gasteiger partial charge in [-0.2, -0.15) is 0 Å². The van der Waals surface area contributed by atoms with Crippen molar-refractivity contribution in [2.75, 3.05) is 42.7 Å². The number of carbonyl (C=O) groups excluding carboxylic acids is 1. The summed E-state index contributed by atoms with van der Waals surface area (Å²) in [6.07, 6.45) is 2.11. The third kappa shape index (κ3) is 4.41. The molecule has 0 aromatic heterocycles. The number of nitrogens with zero attached hydrogens (tertiary/aromatic N) is 2. The largest absolute Gasteiger partial charge is 0.367 e. The van der Waals surface area contributed by atoms with Crippen LogP contribution in [0.1, 0.15) is 30.9 Å². The van der Waals surface area contributed by atoms with E-state index in [1.807, 2.05) is 4.90 Å². The summed E-state index contributed by atoms with van der Waals surface area (Å²) in [5.74, 6) is 0.375. The average Bonchev–Trinajstić information content (AvgIpc) is 2.69. The number of benzene rings is 2. The Labute approximate surface area is 166 Å². The minimum atomic E-state index is 0.00371. The van der Waals surface area contributed by atoms with Crippen molar-refractivity contribution >= 4 is 29.2 Å². The Balaban J connectivity index is 1.66. The second-order valence-corrected chi connectivity index (χ2v) is 8.12. The summed E-state index contributed by atoms with van der Waals surface area (Å²) in [7, 11) is 0. The normalized spacial score (nSPS) is 14.6. The number of piperazine rings is 1. The summed E-state index contributed by atoms with van der Waals surface area (Å²) in [5, 5.41) is 3.17. The van der Waals surface area contributed by atoms with Gasteiger partial charge in [-0.25, -0.2) is 4.79 Å². The van der Waals surface area contributed by atoms with Crippen molar-refractivity contribution in [3.05, 3.63) is 53.6 Å². The Morgan fingerprint density at radius 3 is 2.41 bits per heavy atom. The van der Waals surface area contributed by atoms with E-state index in [1.165, 1.54) is 16.1 Å². The molecule has 4 nitrogen and oxygen atoms in total. The maximum absolute atomic E-state index is 12.9. The van der Waals surface area contributed by atoms with Crippen LogP contribution in [0.25, 0.3) is 0 Å². The number of hydrogen-bond acceptors (Lipinski definition) is 3. The fourth-order valence-electron chi connectivity index (χ4n) is 3.57. The number of amides is 2. The maximum Gasteiger partial charge on any atom is 0.321 e. The van der Waals surface area contributed by atoms with Gasteiger partial charge in [-0.05, 0) is 42.4 Å². The molecule has 1 N–H and O–H groups in total. The number of urea groups is 1. The minimum Gasteiger partial charge on any atom is -0.367 e. The van der Waals surface area contributed by atoms with Crippen molar-refractivity contribution in [3.8, 4) is 0 Å². The molecule has 2 aromatic carbocycles. The summed E-state index contributed by atoms with van der Waals surface area (Å²) in [5.41, 5.74) is 4.54. The van der Waals surface area contributed by atoms with Crippen LogP contribution in [0.5, 0.6) is 0 Å². The number of para-hydroxylation sites is 2. The van der Waals surface area contributed by atoms with Crippen molar-refractivity contribution in [2.24, 2.45) is 0 Å². The molecule has 2 amide bonds. The zero-order valence-corrected chi connectivity index (χ0v) is 17.5. The molecular weight excluding hydrogens is 354 g/mol. The van der Waals surface area contributed by atoms with Crippen LogP contribution in [0.4, 0.5) is 16.2 Å². The highest BCUT2D eigenvalue weighted by Gasteiger charge is 2.23. The van der Waals surface area contributed by atoms with Crippen molar-refractivity contribution in [1.82, 2.24) is 4.90 Å². The van der Waals surface area contributed by atoms with E-state index < -0.39 is 0 Å². The van der Waals surface area contributed by atoms with Crippen LogP contribution < -0.4 is 10.2 Å². The molecular formula is C22H29N3OS. The zero-order valence-electron chi connectivity index (χ0n) is 16.7. The van der Waals surface area contributed by atoms with Gasteiger partial charge in [0, 0.05) is 36.8 Å². The Hall–Kier alpha value is -2.14. The molecule has 144 valence electrons. The van der Waals surface area contributed by atoms with Gasteiger partial charge >= 0.3 is 6.03 Å². The Bertz CT molecular complexity index is 798. The van der Waals surface area contributed by atoms with E-state index in [4.69, 9.17) is 0 Å². The Morgan fingerprint density at radius 1 is 1.04 bits per heavy atom. The lowest BCUT2D eigenvalue weighted by Crippen LogP contribution is -2.50. The van der Waals surface area contributed by atoms with Gasteiger partial charge in [0.2, 0.25) is 0 Å². The molecule has 1 heterocycles. The molecule has 1 fully saturated rings. The summed E-state index contributed by atoms with van der Waals surface area (Å²) in [6, 6.07) is 14.7. The van der Waals surface area contributed by atoms with E-state index in [0.29, 0.717) is 5.92 Å². The molecule has 1 saturated heterocycles. The number of nitrogens with one attached hydrogen (secondary N) is 1. The molecule has 1 aliphatic heterocycles. The van der Waals surface area contributed by atoms with Crippen LogP contribution in [0.15, 0.2) is 47.4 Å². The molecule has 3 rings (SSSR count). The molecule has 1 aliphatic rings. The third-order valence-electron chi connectivity index (χ3n) is 5.15. The van der Waals surface area contributed by atoms with E-state index in [0.717, 1.165) is 37.4 Å². The summed E-state index contributed by atoms with van der Waals surface area (Å²) >= 11 is 1.77. The highest BCUT2D eigenvalue weighted by molar-refractivity contribution is 7.98. The lowest BCUT2D eigenvalue weighted by atomic mass is 9.98. The number of hydrogen-bond donors (Lipinski definition) is 1. The third-order valence-corrected chi connectivity index (χ3v) is 5.94. The fraction of sp³-hybridized carbons (Fsp3) is 0.409. The van der Waals surface area contributed by atoms with Gasteiger partial charge in [0.15, 0.2) is 0 Å². The van der Waals surface area contributed by atoms with E-state index in [1.54, 1.807) is 11.8 Å². The second-order valence-electron chi connectivity index (χ2n) is 7.27. The molecule has 27 heavy (non-hydrogen) atoms. The van der Waals surface area contributed by atoms with Gasteiger partial charge in [-0.1, -0.05) is 44.2 Å². The number of carbonyl (C=O) groups is 1. The smallest absolute Gasteiger partial charge is 0.321 e. The van der Waals surface area contributed by atoms with Gasteiger partial charge in [0.25, 0.3) is 0 Å². The van der Waals surface area contributed by atoms with Crippen LogP contribution >= 0.6 is 11.8 Å². The molecule has 0 spiro atoms. The predicted molar refractivity (Wildman–Crippen MR) is 116 cm³/mol. The van der Waals surface area contributed by atoms with Crippen molar-refractivity contribution in [2.45, 2.75) is 31.6 Å². The molecule has 5 heteroatoms. The number of anilines is 2. The standard InChI is InChI=1S/C22H29N3OS/c1-16(2)18-9-7-8-17(3)21(18)23-22(26)25-14-12-24(13-15-25)19-10-5-6-11-20(19)27-4/h5-11,16H,12-15H2,1-4H3,(H,23,26). The van der Waals surface area contributed by atoms with Crippen LogP contribution in [-0.4, -0.2) is 43.4 Å². The van der Waals surface area contributed by atoms with Gasteiger partial charge in [-0.15, -0.1) is 11.8 Å². The molecule has 0 atom stereocenters. The summed E-state index contributed by atoms with van der Waals surface area (Å²) in [4.78, 5) is 18.4. The highest BCUT2D eigenvalue weighted by Crippen LogP contribution is 2.30. The van der Waals surface area contributed by atoms with E-state index in [2.05, 4.69) is 79.7 Å². The SMILES string of the molecule is CSc1ccccc1N1CCN(C(=O)Nc2c(C)cccc2C(C)C)CC1. The van der Waals surface area contributed by atoms with Crippen LogP contribution in [0.3, 0.4) is 0 Å².